The van der Waals surface area contributed by atoms with Crippen molar-refractivity contribution in [3.05, 3.63) is 34.5 Å². The molecule has 2 heterocycles. The molecule has 3 nitrogen and oxygen atoms in total. The fourth-order valence-corrected chi connectivity index (χ4v) is 3.78. The van der Waals surface area contributed by atoms with Gasteiger partial charge in [-0.2, -0.15) is 0 Å². The van der Waals surface area contributed by atoms with Crippen LogP contribution in [-0.4, -0.2) is 23.4 Å². The summed E-state index contributed by atoms with van der Waals surface area (Å²) in [5.41, 5.74) is 0.820. The van der Waals surface area contributed by atoms with Gasteiger partial charge in [-0.25, -0.2) is 4.39 Å². The van der Waals surface area contributed by atoms with E-state index in [9.17, 15) is 9.18 Å². The first-order chi connectivity index (χ1) is 9.15. The summed E-state index contributed by atoms with van der Waals surface area (Å²) >= 11 is 2.92. The van der Waals surface area contributed by atoms with Crippen LogP contribution in [-0.2, 0) is 0 Å². The van der Waals surface area contributed by atoms with Crippen molar-refractivity contribution in [3.8, 4) is 0 Å². The van der Waals surface area contributed by atoms with Gasteiger partial charge in [-0.3, -0.25) is 9.79 Å². The Balaban J connectivity index is 1.95. The fraction of sp³-hybridized carbons (Fsp3) is 0.231. The zero-order valence-corrected chi connectivity index (χ0v) is 11.8. The van der Waals surface area contributed by atoms with E-state index in [-0.39, 0.29) is 11.7 Å². The van der Waals surface area contributed by atoms with Gasteiger partial charge in [0.1, 0.15) is 5.82 Å². The highest BCUT2D eigenvalue weighted by Crippen LogP contribution is 2.31. The number of thiophene rings is 1. The number of amidine groups is 1. The molecule has 0 saturated carbocycles. The molecule has 0 atom stereocenters. The molecule has 1 aromatic heterocycles. The predicted molar refractivity (Wildman–Crippen MR) is 78.7 cm³/mol. The summed E-state index contributed by atoms with van der Waals surface area (Å²) in [5, 5.41) is 4.28. The lowest BCUT2D eigenvalue weighted by Gasteiger charge is -2.02. The van der Waals surface area contributed by atoms with Crippen LogP contribution in [0.25, 0.3) is 10.1 Å². The molecule has 0 saturated heterocycles. The minimum absolute atomic E-state index is 0.160. The highest BCUT2D eigenvalue weighted by molar-refractivity contribution is 8.14. The molecule has 0 aliphatic carbocycles. The van der Waals surface area contributed by atoms with E-state index in [1.54, 1.807) is 17.8 Å². The number of rotatable bonds is 1. The van der Waals surface area contributed by atoms with Crippen molar-refractivity contribution in [1.29, 1.82) is 0 Å². The van der Waals surface area contributed by atoms with Gasteiger partial charge in [0.2, 0.25) is 0 Å². The molecule has 3 rings (SSSR count). The summed E-state index contributed by atoms with van der Waals surface area (Å²) < 4.78 is 14.2. The maximum absolute atomic E-state index is 13.2. The van der Waals surface area contributed by atoms with Crippen LogP contribution >= 0.6 is 23.1 Å². The Morgan fingerprint density at radius 1 is 1.47 bits per heavy atom. The molecule has 0 unspecified atom stereocenters. The zero-order chi connectivity index (χ0) is 13.4. The van der Waals surface area contributed by atoms with E-state index in [4.69, 9.17) is 0 Å². The van der Waals surface area contributed by atoms with Gasteiger partial charge in [0.25, 0.3) is 5.91 Å². The van der Waals surface area contributed by atoms with Crippen LogP contribution in [0.1, 0.15) is 15.2 Å². The summed E-state index contributed by atoms with van der Waals surface area (Å²) in [4.78, 5) is 17.0. The van der Waals surface area contributed by atoms with Crippen molar-refractivity contribution in [1.82, 2.24) is 5.32 Å². The molecule has 1 amide bonds. The lowest BCUT2D eigenvalue weighted by molar-refractivity contribution is 0.0981. The number of hydrogen-bond acceptors (Lipinski definition) is 4. The number of carbonyl (C=O) groups excluding carboxylic acids is 1. The van der Waals surface area contributed by atoms with Crippen LogP contribution in [0, 0.1) is 12.7 Å². The number of amides is 1. The van der Waals surface area contributed by atoms with Crippen molar-refractivity contribution >= 4 is 44.3 Å². The van der Waals surface area contributed by atoms with Crippen LogP contribution in [0.15, 0.2) is 23.2 Å². The SMILES string of the molecule is Cc1c(C(=O)NC2=NCCS2)sc2ccc(F)cc12. The van der Waals surface area contributed by atoms with E-state index in [1.807, 2.05) is 6.92 Å². The first-order valence-electron chi connectivity index (χ1n) is 5.82. The summed E-state index contributed by atoms with van der Waals surface area (Å²) in [6.45, 7) is 2.59. The Kier molecular flexibility index (Phi) is 3.28. The lowest BCUT2D eigenvalue weighted by Crippen LogP contribution is -2.27. The molecule has 1 N–H and O–H groups in total. The van der Waals surface area contributed by atoms with E-state index < -0.39 is 0 Å². The van der Waals surface area contributed by atoms with Crippen LogP contribution in [0.5, 0.6) is 0 Å². The number of nitrogens with one attached hydrogen (secondary N) is 1. The number of fused-ring (bicyclic) bond motifs is 1. The number of thioether (sulfide) groups is 1. The van der Waals surface area contributed by atoms with Crippen molar-refractivity contribution in [2.75, 3.05) is 12.3 Å². The van der Waals surface area contributed by atoms with Gasteiger partial charge in [-0.05, 0) is 36.1 Å². The maximum atomic E-state index is 13.2. The summed E-state index contributed by atoms with van der Waals surface area (Å²) in [6, 6.07) is 4.59. The molecule has 0 fully saturated rings. The van der Waals surface area contributed by atoms with Crippen molar-refractivity contribution in [2.45, 2.75) is 6.92 Å². The Morgan fingerprint density at radius 2 is 2.32 bits per heavy atom. The van der Waals surface area contributed by atoms with E-state index in [1.165, 1.54) is 23.5 Å². The number of carbonyl (C=O) groups is 1. The van der Waals surface area contributed by atoms with Crippen LogP contribution < -0.4 is 5.32 Å². The standard InChI is InChI=1S/C13H11FN2OS2/c1-7-9-6-8(14)2-3-10(9)19-11(7)12(17)16-13-15-4-5-18-13/h2-3,6H,4-5H2,1H3,(H,15,16,17). The molecule has 1 aliphatic rings. The highest BCUT2D eigenvalue weighted by Gasteiger charge is 2.18. The molecule has 98 valence electrons. The maximum Gasteiger partial charge on any atom is 0.267 e. The number of hydrogen-bond donors (Lipinski definition) is 1. The number of benzene rings is 1. The summed E-state index contributed by atoms with van der Waals surface area (Å²) in [6.07, 6.45) is 0. The second-order valence-corrected chi connectivity index (χ2v) is 6.32. The van der Waals surface area contributed by atoms with E-state index >= 15 is 0 Å². The average molecular weight is 294 g/mol. The summed E-state index contributed by atoms with van der Waals surface area (Å²) in [5.74, 6) is 0.468. The average Bonchev–Trinajstić information content (AvgIpc) is 2.98. The first-order valence-corrected chi connectivity index (χ1v) is 7.62. The van der Waals surface area contributed by atoms with Gasteiger partial charge >= 0.3 is 0 Å². The molecule has 1 aliphatic heterocycles. The number of aliphatic imine (C=N–C) groups is 1. The lowest BCUT2D eigenvalue weighted by atomic mass is 10.1. The third kappa shape index (κ3) is 2.37. The van der Waals surface area contributed by atoms with Gasteiger partial charge in [0.15, 0.2) is 5.17 Å². The van der Waals surface area contributed by atoms with Crippen molar-refractivity contribution in [2.24, 2.45) is 4.99 Å². The number of nitrogens with zero attached hydrogens (tertiary/aromatic N) is 1. The second kappa shape index (κ2) is 4.94. The molecule has 1 aromatic carbocycles. The van der Waals surface area contributed by atoms with E-state index in [0.717, 1.165) is 27.9 Å². The monoisotopic (exact) mass is 294 g/mol. The quantitative estimate of drug-likeness (QED) is 0.877. The molecule has 0 spiro atoms. The Hall–Kier alpha value is -1.40. The molecular weight excluding hydrogens is 283 g/mol. The van der Waals surface area contributed by atoms with E-state index in [2.05, 4.69) is 10.3 Å². The molecule has 0 radical (unpaired) electrons. The third-order valence-electron chi connectivity index (χ3n) is 2.91. The largest absolute Gasteiger partial charge is 0.301 e. The third-order valence-corrected chi connectivity index (χ3v) is 5.07. The fourth-order valence-electron chi connectivity index (χ4n) is 1.97. The molecule has 2 aromatic rings. The van der Waals surface area contributed by atoms with Gasteiger partial charge in [0.05, 0.1) is 11.4 Å². The molecule has 19 heavy (non-hydrogen) atoms. The van der Waals surface area contributed by atoms with Gasteiger partial charge in [-0.1, -0.05) is 11.8 Å². The van der Waals surface area contributed by atoms with E-state index in [0.29, 0.717) is 10.0 Å². The predicted octanol–water partition coefficient (Wildman–Crippen LogP) is 3.18. The number of aryl methyl sites for hydroxylation is 1. The molecule has 6 heteroatoms. The smallest absolute Gasteiger partial charge is 0.267 e. The highest BCUT2D eigenvalue weighted by atomic mass is 32.2. The van der Waals surface area contributed by atoms with Gasteiger partial charge < -0.3 is 5.32 Å². The van der Waals surface area contributed by atoms with Crippen LogP contribution in [0.3, 0.4) is 0 Å². The normalized spacial score (nSPS) is 14.7. The first kappa shape index (κ1) is 12.6. The second-order valence-electron chi connectivity index (χ2n) is 4.19. The van der Waals surface area contributed by atoms with Crippen molar-refractivity contribution < 1.29 is 9.18 Å². The Morgan fingerprint density at radius 3 is 3.05 bits per heavy atom. The summed E-state index contributed by atoms with van der Waals surface area (Å²) in [7, 11) is 0. The zero-order valence-electron chi connectivity index (χ0n) is 10.2. The minimum Gasteiger partial charge on any atom is -0.301 e. The Bertz CT molecular complexity index is 693. The Labute approximate surface area is 117 Å². The topological polar surface area (TPSA) is 41.5 Å². The van der Waals surface area contributed by atoms with Gasteiger partial charge in [0, 0.05) is 10.5 Å². The minimum atomic E-state index is -0.281. The van der Waals surface area contributed by atoms with Gasteiger partial charge in [-0.15, -0.1) is 11.3 Å². The number of halogens is 1. The van der Waals surface area contributed by atoms with Crippen LogP contribution in [0.4, 0.5) is 4.39 Å². The molecule has 0 bridgehead atoms. The molecular formula is C13H11FN2OS2. The van der Waals surface area contributed by atoms with Crippen molar-refractivity contribution in [3.63, 3.8) is 0 Å². The van der Waals surface area contributed by atoms with Crippen LogP contribution in [0.2, 0.25) is 0 Å².